The molecule has 0 radical (unpaired) electrons. The quantitative estimate of drug-likeness (QED) is 0.306. The minimum atomic E-state index is -0.743. The van der Waals surface area contributed by atoms with Gasteiger partial charge in [-0.05, 0) is 35.7 Å². The third kappa shape index (κ3) is 8.01. The molecule has 0 fully saturated rings. The van der Waals surface area contributed by atoms with Crippen LogP contribution in [0.2, 0.25) is 10.0 Å². The molecule has 0 bridgehead atoms. The van der Waals surface area contributed by atoms with E-state index in [0.29, 0.717) is 28.8 Å². The molecule has 0 aliphatic carbocycles. The number of carbonyl (C=O) groups is 2. The van der Waals surface area contributed by atoms with Crippen LogP contribution in [0.1, 0.15) is 30.9 Å². The van der Waals surface area contributed by atoms with Crippen LogP contribution in [0.5, 0.6) is 5.75 Å². The second-order valence-corrected chi connectivity index (χ2v) is 9.00. The van der Waals surface area contributed by atoms with E-state index in [1.807, 2.05) is 48.5 Å². The molecule has 5 nitrogen and oxygen atoms in total. The first-order valence-electron chi connectivity index (χ1n) is 11.7. The second-order valence-electron chi connectivity index (χ2n) is 8.18. The zero-order chi connectivity index (χ0) is 25.0. The zero-order valence-corrected chi connectivity index (χ0v) is 21.3. The maximum absolute atomic E-state index is 13.5. The molecule has 1 atom stereocenters. The fourth-order valence-electron chi connectivity index (χ4n) is 3.65. The summed E-state index contributed by atoms with van der Waals surface area (Å²) >= 11 is 12.6. The fraction of sp³-hybridized carbons (Fsp3) is 0.286. The lowest BCUT2D eigenvalue weighted by Gasteiger charge is -2.31. The molecule has 0 saturated heterocycles. The molecule has 0 spiro atoms. The van der Waals surface area contributed by atoms with Crippen molar-refractivity contribution in [1.82, 2.24) is 10.2 Å². The van der Waals surface area contributed by atoms with E-state index >= 15 is 0 Å². The Bertz CT molecular complexity index is 1110. The van der Waals surface area contributed by atoms with Crippen molar-refractivity contribution in [1.29, 1.82) is 0 Å². The van der Waals surface area contributed by atoms with Gasteiger partial charge in [0.1, 0.15) is 11.8 Å². The summed E-state index contributed by atoms with van der Waals surface area (Å²) in [6.45, 7) is 2.52. The number of unbranched alkanes of at least 4 members (excludes halogenated alkanes) is 1. The van der Waals surface area contributed by atoms with Crippen LogP contribution in [-0.2, 0) is 22.6 Å². The molecule has 1 N–H and O–H groups in total. The summed E-state index contributed by atoms with van der Waals surface area (Å²) in [6, 6.07) is 23.2. The Balaban J connectivity index is 1.90. The summed E-state index contributed by atoms with van der Waals surface area (Å²) in [5.41, 5.74) is 1.70. The van der Waals surface area contributed by atoms with Gasteiger partial charge in [0, 0.05) is 24.5 Å². The number of rotatable bonds is 12. The van der Waals surface area contributed by atoms with E-state index in [2.05, 4.69) is 12.2 Å². The molecule has 35 heavy (non-hydrogen) atoms. The maximum Gasteiger partial charge on any atom is 0.261 e. The number of ether oxygens (including phenoxy) is 1. The van der Waals surface area contributed by atoms with Gasteiger partial charge in [-0.1, -0.05) is 97.2 Å². The molecule has 3 aromatic carbocycles. The highest BCUT2D eigenvalue weighted by Gasteiger charge is 2.31. The molecule has 0 heterocycles. The lowest BCUT2D eigenvalue weighted by molar-refractivity contribution is -0.142. The number of para-hydroxylation sites is 1. The van der Waals surface area contributed by atoms with E-state index in [1.165, 1.54) is 0 Å². The summed E-state index contributed by atoms with van der Waals surface area (Å²) in [4.78, 5) is 28.5. The SMILES string of the molecule is CCCCNC(=O)[C@@H](Cc1ccccc1)N(Cc1ccccc1Cl)C(=O)COc1ccccc1Cl. The minimum Gasteiger partial charge on any atom is -0.482 e. The molecule has 0 unspecified atom stereocenters. The van der Waals surface area contributed by atoms with Crippen LogP contribution in [0.4, 0.5) is 0 Å². The normalized spacial score (nSPS) is 11.5. The summed E-state index contributed by atoms with van der Waals surface area (Å²) in [5, 5.41) is 3.94. The van der Waals surface area contributed by atoms with E-state index in [9.17, 15) is 9.59 Å². The smallest absolute Gasteiger partial charge is 0.261 e. The Morgan fingerprint density at radius 3 is 2.26 bits per heavy atom. The van der Waals surface area contributed by atoms with Crippen LogP contribution in [0.15, 0.2) is 78.9 Å². The van der Waals surface area contributed by atoms with Crippen LogP contribution in [-0.4, -0.2) is 35.9 Å². The summed E-state index contributed by atoms with van der Waals surface area (Å²) in [5.74, 6) is -0.135. The molecule has 7 heteroatoms. The fourth-order valence-corrected chi connectivity index (χ4v) is 4.04. The van der Waals surface area contributed by atoms with E-state index in [1.54, 1.807) is 35.2 Å². The Kier molecular flexibility index (Phi) is 10.5. The largest absolute Gasteiger partial charge is 0.482 e. The molecule has 0 aliphatic heterocycles. The molecular weight excluding hydrogens is 483 g/mol. The third-order valence-electron chi connectivity index (χ3n) is 5.59. The Hall–Kier alpha value is -3.02. The lowest BCUT2D eigenvalue weighted by atomic mass is 10.0. The van der Waals surface area contributed by atoms with E-state index in [4.69, 9.17) is 27.9 Å². The van der Waals surface area contributed by atoms with Crippen molar-refractivity contribution in [3.63, 3.8) is 0 Å². The van der Waals surface area contributed by atoms with Crippen molar-refractivity contribution < 1.29 is 14.3 Å². The average Bonchev–Trinajstić information content (AvgIpc) is 2.87. The Morgan fingerprint density at radius 1 is 0.914 bits per heavy atom. The Labute approximate surface area is 217 Å². The van der Waals surface area contributed by atoms with Gasteiger partial charge >= 0.3 is 0 Å². The Morgan fingerprint density at radius 2 is 1.57 bits per heavy atom. The van der Waals surface area contributed by atoms with Gasteiger partial charge in [0.25, 0.3) is 5.91 Å². The predicted octanol–water partition coefficient (Wildman–Crippen LogP) is 5.93. The molecule has 0 saturated carbocycles. The first-order chi connectivity index (χ1) is 17.0. The third-order valence-corrected chi connectivity index (χ3v) is 6.27. The molecule has 3 rings (SSSR count). The molecular formula is C28H30Cl2N2O3. The molecule has 2 amide bonds. The standard InChI is InChI=1S/C28H30Cl2N2O3/c1-2-3-17-31-28(34)25(18-21-11-5-4-6-12-21)32(19-22-13-7-8-14-23(22)29)27(33)20-35-26-16-10-9-15-24(26)30/h4-16,25H,2-3,17-20H2,1H3,(H,31,34)/t25-/m1/s1. The first kappa shape index (κ1) is 26.6. The van der Waals surface area contributed by atoms with Crippen molar-refractivity contribution in [3.8, 4) is 5.75 Å². The number of hydrogen-bond donors (Lipinski definition) is 1. The van der Waals surface area contributed by atoms with Gasteiger partial charge in [0.05, 0.1) is 5.02 Å². The minimum absolute atomic E-state index is 0.170. The van der Waals surface area contributed by atoms with Crippen LogP contribution >= 0.6 is 23.2 Å². The second kappa shape index (κ2) is 13.8. The molecule has 184 valence electrons. The number of amides is 2. The van der Waals surface area contributed by atoms with Gasteiger partial charge in [-0.15, -0.1) is 0 Å². The number of nitrogens with one attached hydrogen (secondary N) is 1. The molecule has 3 aromatic rings. The summed E-state index contributed by atoms with van der Waals surface area (Å²) in [6.07, 6.45) is 2.18. The van der Waals surface area contributed by atoms with E-state index in [-0.39, 0.29) is 25.0 Å². The monoisotopic (exact) mass is 512 g/mol. The van der Waals surface area contributed by atoms with Crippen LogP contribution < -0.4 is 10.1 Å². The van der Waals surface area contributed by atoms with Crippen LogP contribution in [0.25, 0.3) is 0 Å². The average molecular weight is 513 g/mol. The van der Waals surface area contributed by atoms with Crippen molar-refractivity contribution >= 4 is 35.0 Å². The molecule has 0 aromatic heterocycles. The highest BCUT2D eigenvalue weighted by molar-refractivity contribution is 6.32. The summed E-state index contributed by atoms with van der Waals surface area (Å²) < 4.78 is 5.74. The topological polar surface area (TPSA) is 58.6 Å². The highest BCUT2D eigenvalue weighted by Crippen LogP contribution is 2.24. The van der Waals surface area contributed by atoms with Gasteiger partial charge in [0.2, 0.25) is 5.91 Å². The van der Waals surface area contributed by atoms with Gasteiger partial charge in [-0.2, -0.15) is 0 Å². The van der Waals surface area contributed by atoms with Gasteiger partial charge in [-0.25, -0.2) is 0 Å². The van der Waals surface area contributed by atoms with Crippen molar-refractivity contribution in [2.75, 3.05) is 13.2 Å². The van der Waals surface area contributed by atoms with Crippen molar-refractivity contribution in [3.05, 3.63) is 100 Å². The zero-order valence-electron chi connectivity index (χ0n) is 19.8. The van der Waals surface area contributed by atoms with E-state index in [0.717, 1.165) is 24.0 Å². The molecule has 0 aliphatic rings. The van der Waals surface area contributed by atoms with Gasteiger partial charge in [-0.3, -0.25) is 9.59 Å². The first-order valence-corrected chi connectivity index (χ1v) is 12.5. The highest BCUT2D eigenvalue weighted by atomic mass is 35.5. The van der Waals surface area contributed by atoms with Gasteiger partial charge in [0.15, 0.2) is 6.61 Å². The number of benzene rings is 3. The number of hydrogen-bond acceptors (Lipinski definition) is 3. The maximum atomic E-state index is 13.5. The van der Waals surface area contributed by atoms with Crippen LogP contribution in [0, 0.1) is 0 Å². The van der Waals surface area contributed by atoms with Crippen molar-refractivity contribution in [2.45, 2.75) is 38.8 Å². The lowest BCUT2D eigenvalue weighted by Crippen LogP contribution is -2.51. The van der Waals surface area contributed by atoms with Crippen LogP contribution in [0.3, 0.4) is 0 Å². The number of carbonyl (C=O) groups excluding carboxylic acids is 2. The number of halogens is 2. The number of nitrogens with zero attached hydrogens (tertiary/aromatic N) is 1. The van der Waals surface area contributed by atoms with E-state index < -0.39 is 6.04 Å². The predicted molar refractivity (Wildman–Crippen MR) is 141 cm³/mol. The summed E-state index contributed by atoms with van der Waals surface area (Å²) in [7, 11) is 0. The van der Waals surface area contributed by atoms with Crippen molar-refractivity contribution in [2.24, 2.45) is 0 Å². The van der Waals surface area contributed by atoms with Gasteiger partial charge < -0.3 is 15.0 Å².